The van der Waals surface area contributed by atoms with Crippen molar-refractivity contribution in [3.05, 3.63) is 30.7 Å². The summed E-state index contributed by atoms with van der Waals surface area (Å²) in [6, 6.07) is 4.04. The smallest absolute Gasteiger partial charge is 0.273 e. The quantitative estimate of drug-likeness (QED) is 0.873. The number of ether oxygens (including phenoxy) is 1. The Hall–Kier alpha value is -1.46. The molecule has 0 aromatic carbocycles. The molecule has 2 atom stereocenters. The molecule has 4 fully saturated rings. The molecular formula is C17H19N3OS. The lowest BCUT2D eigenvalue weighted by Crippen LogP contribution is -2.61. The summed E-state index contributed by atoms with van der Waals surface area (Å²) in [4.78, 5) is 12.4. The van der Waals surface area contributed by atoms with Crippen LogP contribution in [0.4, 0.5) is 0 Å². The standard InChI is InChI=1S/C17H19N3OS/c1-3-18-4-2-12(1)15-7-19-17(22-15)21-16-13-5-11-6-14(16)10-20(8-11)9-13/h1-4,7,11,13-14,16H,5-6,8-10H2/t11?,13-,14-,16?/m0/s1. The highest BCUT2D eigenvalue weighted by molar-refractivity contribution is 7.16. The molecule has 0 N–H and O–H groups in total. The molecule has 4 bridgehead atoms. The van der Waals surface area contributed by atoms with E-state index >= 15 is 0 Å². The van der Waals surface area contributed by atoms with Crippen molar-refractivity contribution in [1.82, 2.24) is 14.9 Å². The van der Waals surface area contributed by atoms with E-state index in [0.717, 1.165) is 16.0 Å². The zero-order chi connectivity index (χ0) is 14.5. The van der Waals surface area contributed by atoms with Crippen LogP contribution in [0.25, 0.3) is 10.4 Å². The van der Waals surface area contributed by atoms with Gasteiger partial charge in [-0.1, -0.05) is 11.3 Å². The van der Waals surface area contributed by atoms with Crippen molar-refractivity contribution >= 4 is 11.3 Å². The monoisotopic (exact) mass is 313 g/mol. The van der Waals surface area contributed by atoms with Crippen molar-refractivity contribution < 1.29 is 4.74 Å². The fraction of sp³-hybridized carbons (Fsp3) is 0.529. The Morgan fingerprint density at radius 3 is 2.59 bits per heavy atom. The minimum absolute atomic E-state index is 0.379. The molecule has 1 aliphatic carbocycles. The average molecular weight is 313 g/mol. The summed E-state index contributed by atoms with van der Waals surface area (Å²) in [5.74, 6) is 2.33. The second-order valence-electron chi connectivity index (χ2n) is 6.88. The van der Waals surface area contributed by atoms with Gasteiger partial charge in [-0.2, -0.15) is 0 Å². The molecule has 2 aromatic heterocycles. The third-order valence-electron chi connectivity index (χ3n) is 5.39. The first-order valence-corrected chi connectivity index (χ1v) is 8.92. The van der Waals surface area contributed by atoms with Gasteiger partial charge in [0.1, 0.15) is 6.10 Å². The van der Waals surface area contributed by atoms with E-state index in [1.54, 1.807) is 11.3 Å². The van der Waals surface area contributed by atoms with E-state index in [9.17, 15) is 0 Å². The van der Waals surface area contributed by atoms with Gasteiger partial charge >= 0.3 is 0 Å². The summed E-state index contributed by atoms with van der Waals surface area (Å²) in [5, 5.41) is 0.833. The van der Waals surface area contributed by atoms with E-state index in [4.69, 9.17) is 4.74 Å². The molecule has 0 spiro atoms. The number of pyridine rings is 1. The second kappa shape index (κ2) is 5.03. The maximum atomic E-state index is 6.36. The lowest BCUT2D eigenvalue weighted by atomic mass is 9.66. The molecule has 5 heterocycles. The van der Waals surface area contributed by atoms with Crippen molar-refractivity contribution in [3.63, 3.8) is 0 Å². The van der Waals surface area contributed by atoms with E-state index in [-0.39, 0.29) is 0 Å². The summed E-state index contributed by atoms with van der Waals surface area (Å²) < 4.78 is 6.36. The molecule has 4 aliphatic rings. The van der Waals surface area contributed by atoms with E-state index in [0.29, 0.717) is 17.9 Å². The van der Waals surface area contributed by atoms with Gasteiger partial charge in [0.2, 0.25) is 0 Å². The maximum absolute atomic E-state index is 6.36. The van der Waals surface area contributed by atoms with Gasteiger partial charge in [0.15, 0.2) is 0 Å². The largest absolute Gasteiger partial charge is 0.466 e. The highest BCUT2D eigenvalue weighted by Crippen LogP contribution is 2.45. The highest BCUT2D eigenvalue weighted by atomic mass is 32.1. The number of thiazole rings is 1. The van der Waals surface area contributed by atoms with Crippen LogP contribution in [-0.4, -0.2) is 40.6 Å². The first-order valence-electron chi connectivity index (χ1n) is 8.10. The van der Waals surface area contributed by atoms with Gasteiger partial charge in [-0.3, -0.25) is 4.98 Å². The first kappa shape index (κ1) is 13.0. The normalized spacial score (nSPS) is 35.7. The predicted octanol–water partition coefficient (Wildman–Crippen LogP) is 2.92. The molecule has 114 valence electrons. The fourth-order valence-corrected chi connectivity index (χ4v) is 5.45. The van der Waals surface area contributed by atoms with Gasteiger partial charge in [-0.05, 0) is 36.5 Å². The molecule has 0 amide bonds. The summed E-state index contributed by atoms with van der Waals surface area (Å²) in [5.41, 5.74) is 1.17. The Kier molecular flexibility index (Phi) is 2.98. The van der Waals surface area contributed by atoms with Crippen LogP contribution in [0.15, 0.2) is 30.7 Å². The van der Waals surface area contributed by atoms with E-state index in [2.05, 4.69) is 14.9 Å². The van der Waals surface area contributed by atoms with Crippen molar-refractivity contribution in [1.29, 1.82) is 0 Å². The van der Waals surface area contributed by atoms with Gasteiger partial charge in [0.25, 0.3) is 5.19 Å². The van der Waals surface area contributed by atoms with Gasteiger partial charge in [-0.15, -0.1) is 0 Å². The van der Waals surface area contributed by atoms with Crippen LogP contribution >= 0.6 is 11.3 Å². The molecule has 22 heavy (non-hydrogen) atoms. The molecule has 4 nitrogen and oxygen atoms in total. The van der Waals surface area contributed by atoms with E-state index in [1.807, 2.05) is 30.7 Å². The number of rotatable bonds is 3. The number of piperidine rings is 3. The van der Waals surface area contributed by atoms with Gasteiger partial charge in [-0.25, -0.2) is 4.98 Å². The molecule has 3 aliphatic heterocycles. The van der Waals surface area contributed by atoms with Gasteiger partial charge in [0, 0.05) is 50.1 Å². The summed E-state index contributed by atoms with van der Waals surface area (Å²) in [7, 11) is 0. The predicted molar refractivity (Wildman–Crippen MR) is 85.9 cm³/mol. The van der Waals surface area contributed by atoms with Crippen LogP contribution in [0.3, 0.4) is 0 Å². The highest BCUT2D eigenvalue weighted by Gasteiger charge is 2.48. The molecule has 3 saturated heterocycles. The number of nitrogens with zero attached hydrogens (tertiary/aromatic N) is 3. The SMILES string of the molecule is c1cc(-c2cnc(OC3[C@H]4CC5C[C@H]3CN(C5)C4)s2)ccn1. The van der Waals surface area contributed by atoms with E-state index < -0.39 is 0 Å². The maximum Gasteiger partial charge on any atom is 0.273 e. The first-order chi connectivity index (χ1) is 10.8. The zero-order valence-electron chi connectivity index (χ0n) is 12.4. The van der Waals surface area contributed by atoms with Crippen molar-refractivity contribution in [3.8, 4) is 15.6 Å². The van der Waals surface area contributed by atoms with Crippen LogP contribution in [0, 0.1) is 17.8 Å². The summed E-state index contributed by atoms with van der Waals surface area (Å²) >= 11 is 1.66. The minimum Gasteiger partial charge on any atom is -0.466 e. The number of hydrogen-bond acceptors (Lipinski definition) is 5. The third-order valence-corrected chi connectivity index (χ3v) is 6.33. The number of hydrogen-bond donors (Lipinski definition) is 0. The van der Waals surface area contributed by atoms with Gasteiger partial charge < -0.3 is 9.64 Å². The van der Waals surface area contributed by atoms with Crippen LogP contribution < -0.4 is 4.74 Å². The van der Waals surface area contributed by atoms with Gasteiger partial charge in [0.05, 0.1) is 4.88 Å². The molecule has 2 aromatic rings. The Morgan fingerprint density at radius 1 is 1.09 bits per heavy atom. The van der Waals surface area contributed by atoms with E-state index in [1.165, 1.54) is 38.0 Å². The summed E-state index contributed by atoms with van der Waals surface area (Å²) in [6.07, 6.45) is 8.64. The minimum atomic E-state index is 0.379. The summed E-state index contributed by atoms with van der Waals surface area (Å²) in [6.45, 7) is 3.77. The van der Waals surface area contributed by atoms with Crippen LogP contribution in [0.5, 0.6) is 5.19 Å². The van der Waals surface area contributed by atoms with Crippen LogP contribution in [0.1, 0.15) is 12.8 Å². The molecule has 6 rings (SSSR count). The Balaban J connectivity index is 1.35. The Labute approximate surface area is 134 Å². The molecule has 0 unspecified atom stereocenters. The topological polar surface area (TPSA) is 38.2 Å². The van der Waals surface area contributed by atoms with Crippen LogP contribution in [0.2, 0.25) is 0 Å². The third kappa shape index (κ3) is 2.15. The number of aromatic nitrogens is 2. The van der Waals surface area contributed by atoms with Crippen molar-refractivity contribution in [2.75, 3.05) is 19.6 Å². The molecule has 0 radical (unpaired) electrons. The second-order valence-corrected chi connectivity index (χ2v) is 7.88. The molecular weight excluding hydrogens is 294 g/mol. The average Bonchev–Trinajstić information content (AvgIpc) is 3.00. The molecule has 1 saturated carbocycles. The molecule has 5 heteroatoms. The van der Waals surface area contributed by atoms with Crippen molar-refractivity contribution in [2.45, 2.75) is 18.9 Å². The Morgan fingerprint density at radius 2 is 1.86 bits per heavy atom. The van der Waals surface area contributed by atoms with Crippen LogP contribution in [-0.2, 0) is 0 Å². The lowest BCUT2D eigenvalue weighted by molar-refractivity contribution is -0.0985. The van der Waals surface area contributed by atoms with Crippen molar-refractivity contribution in [2.24, 2.45) is 17.8 Å². The zero-order valence-corrected chi connectivity index (χ0v) is 13.2. The Bertz CT molecular complexity index is 644. The lowest BCUT2D eigenvalue weighted by Gasteiger charge is -2.55. The fourth-order valence-electron chi connectivity index (χ4n) is 4.63.